The van der Waals surface area contributed by atoms with Crippen molar-refractivity contribution < 1.29 is 13.2 Å². The summed E-state index contributed by atoms with van der Waals surface area (Å²) in [6, 6.07) is 27.7. The van der Waals surface area contributed by atoms with Crippen molar-refractivity contribution in [1.29, 1.82) is 0 Å². The summed E-state index contributed by atoms with van der Waals surface area (Å²) in [5, 5.41) is 1.31. The number of nitrogens with zero attached hydrogens (tertiary/aromatic N) is 3. The maximum absolute atomic E-state index is 12.5. The van der Waals surface area contributed by atoms with E-state index >= 15 is 0 Å². The number of carbonyl (C=O) groups excluding carboxylic acids is 1. The second kappa shape index (κ2) is 13.1. The molecule has 1 saturated heterocycles. The van der Waals surface area contributed by atoms with Crippen molar-refractivity contribution in [2.75, 3.05) is 16.6 Å². The molecule has 4 aromatic carbocycles. The predicted octanol–water partition coefficient (Wildman–Crippen LogP) is 9.52. The van der Waals surface area contributed by atoms with Gasteiger partial charge < -0.3 is 4.57 Å². The van der Waals surface area contributed by atoms with E-state index in [1.54, 1.807) is 30.3 Å². The fourth-order valence-electron chi connectivity index (χ4n) is 6.64. The van der Waals surface area contributed by atoms with Crippen molar-refractivity contribution in [3.63, 3.8) is 0 Å². The van der Waals surface area contributed by atoms with Crippen molar-refractivity contribution in [2.24, 2.45) is 0 Å². The molecule has 7 rings (SSSR count). The Morgan fingerprint density at radius 2 is 1.49 bits per heavy atom. The Labute approximate surface area is 290 Å². The number of hydrogen-bond acceptors (Lipinski definition) is 4. The van der Waals surface area contributed by atoms with E-state index in [1.165, 1.54) is 43.2 Å². The lowest BCUT2D eigenvalue weighted by molar-refractivity contribution is -0.114. The highest BCUT2D eigenvalue weighted by Crippen LogP contribution is 2.36. The largest absolute Gasteiger partial charge is 0.301 e. The summed E-state index contributed by atoms with van der Waals surface area (Å²) < 4.78 is 28.1. The van der Waals surface area contributed by atoms with Crippen LogP contribution in [0.1, 0.15) is 55.0 Å². The maximum Gasteiger partial charge on any atom is 0.242 e. The Morgan fingerprint density at radius 1 is 0.787 bits per heavy atom. The topological polar surface area (TPSA) is 72.3 Å². The number of imidazole rings is 1. The molecular weight excluding hydrogens is 673 g/mol. The first kappa shape index (κ1) is 32.0. The molecule has 2 aliphatic rings. The molecule has 0 radical (unpaired) electrons. The molecule has 0 N–H and O–H groups in total. The number of anilines is 1. The van der Waals surface area contributed by atoms with Gasteiger partial charge in [-0.05, 0) is 77.4 Å². The SMILES string of the molecule is O=C1CN(c2ccc(-n3cc(-c4ccc(Cl)cc4Cl)nc3Cc3ccc(-c4ccc(C5CCCCC5)cc4)cc3)c(Cl)c2)S(=O)(=O)C1. The maximum atomic E-state index is 12.5. The van der Waals surface area contributed by atoms with Crippen molar-refractivity contribution in [2.45, 2.75) is 44.4 Å². The smallest absolute Gasteiger partial charge is 0.242 e. The number of benzene rings is 4. The minimum absolute atomic E-state index is 0.200. The van der Waals surface area contributed by atoms with E-state index in [4.69, 9.17) is 39.8 Å². The second-order valence-electron chi connectivity index (χ2n) is 12.3. The summed E-state index contributed by atoms with van der Waals surface area (Å²) in [4.78, 5) is 16.9. The van der Waals surface area contributed by atoms with Gasteiger partial charge in [-0.2, -0.15) is 0 Å². The first-order chi connectivity index (χ1) is 22.6. The number of rotatable bonds is 7. The molecule has 0 unspecified atom stereocenters. The van der Waals surface area contributed by atoms with Gasteiger partial charge >= 0.3 is 0 Å². The van der Waals surface area contributed by atoms with E-state index in [9.17, 15) is 13.2 Å². The van der Waals surface area contributed by atoms with E-state index in [1.807, 2.05) is 16.8 Å². The standard InChI is InChI=1S/C37H32Cl3N3O3S/c38-29-14-16-32(33(39)19-29)35-22-42(36-17-15-30(20-34(36)40)43-21-31(44)23-47(43,45)46)37(41-35)18-24-6-8-26(9-7-24)28-12-10-27(11-13-28)25-4-2-1-3-5-25/h6-17,19-20,22,25H,1-5,18,21,23H2. The third-order valence-corrected chi connectivity index (χ3v) is 11.6. The van der Waals surface area contributed by atoms with Crippen LogP contribution in [0.25, 0.3) is 28.1 Å². The van der Waals surface area contributed by atoms with Gasteiger partial charge in [0.05, 0.1) is 33.7 Å². The molecule has 1 aliphatic carbocycles. The van der Waals surface area contributed by atoms with Gasteiger partial charge in [0.1, 0.15) is 11.6 Å². The van der Waals surface area contributed by atoms with Crippen molar-refractivity contribution >= 4 is 56.3 Å². The zero-order valence-electron chi connectivity index (χ0n) is 25.5. The van der Waals surface area contributed by atoms with Gasteiger partial charge in [0.25, 0.3) is 0 Å². The van der Waals surface area contributed by atoms with E-state index in [-0.39, 0.29) is 12.3 Å². The van der Waals surface area contributed by atoms with E-state index in [2.05, 4.69) is 48.5 Å². The van der Waals surface area contributed by atoms with Crippen LogP contribution >= 0.6 is 34.8 Å². The van der Waals surface area contributed by atoms with Gasteiger partial charge in [-0.15, -0.1) is 0 Å². The average molecular weight is 705 g/mol. The molecule has 2 fully saturated rings. The number of halogens is 3. The summed E-state index contributed by atoms with van der Waals surface area (Å²) in [5.41, 5.74) is 7.15. The van der Waals surface area contributed by atoms with Crippen LogP contribution in [0.4, 0.5) is 5.69 Å². The molecule has 0 atom stereocenters. The van der Waals surface area contributed by atoms with Crippen LogP contribution in [0.5, 0.6) is 0 Å². The lowest BCUT2D eigenvalue weighted by atomic mass is 9.83. The van der Waals surface area contributed by atoms with Gasteiger partial charge in [0.15, 0.2) is 5.78 Å². The average Bonchev–Trinajstić information content (AvgIpc) is 3.59. The third-order valence-electron chi connectivity index (χ3n) is 9.10. The van der Waals surface area contributed by atoms with Gasteiger partial charge in [0, 0.05) is 23.2 Å². The number of carbonyl (C=O) groups is 1. The Balaban J connectivity index is 1.19. The normalized spacial score (nSPS) is 16.6. The lowest BCUT2D eigenvalue weighted by Gasteiger charge is -2.22. The molecule has 6 nitrogen and oxygen atoms in total. The summed E-state index contributed by atoms with van der Waals surface area (Å²) in [7, 11) is -3.72. The van der Waals surface area contributed by atoms with Crippen LogP contribution in [-0.2, 0) is 21.2 Å². The fourth-order valence-corrected chi connectivity index (χ4v) is 8.84. The van der Waals surface area contributed by atoms with E-state index < -0.39 is 15.8 Å². The summed E-state index contributed by atoms with van der Waals surface area (Å²) in [6.45, 7) is -0.200. The highest BCUT2D eigenvalue weighted by atomic mass is 35.5. The van der Waals surface area contributed by atoms with Crippen molar-refractivity contribution in [3.05, 3.63) is 123 Å². The van der Waals surface area contributed by atoms with Crippen LogP contribution in [0.3, 0.4) is 0 Å². The number of Topliss-reactive ketones (excluding diaryl/α,β-unsaturated/α-hetero) is 1. The molecular formula is C37H32Cl3N3O3S. The number of sulfonamides is 1. The quantitative estimate of drug-likeness (QED) is 0.169. The zero-order chi connectivity index (χ0) is 32.7. The lowest BCUT2D eigenvalue weighted by Crippen LogP contribution is -2.25. The van der Waals surface area contributed by atoms with E-state index in [0.717, 1.165) is 21.0 Å². The van der Waals surface area contributed by atoms with Gasteiger partial charge in [-0.25, -0.2) is 13.4 Å². The van der Waals surface area contributed by atoms with Crippen LogP contribution in [0.15, 0.2) is 91.1 Å². The minimum atomic E-state index is -3.72. The Morgan fingerprint density at radius 3 is 2.13 bits per heavy atom. The molecule has 2 heterocycles. The second-order valence-corrected chi connectivity index (χ2v) is 15.4. The molecule has 0 spiro atoms. The molecule has 1 saturated carbocycles. The van der Waals surface area contributed by atoms with Gasteiger partial charge in [-0.3, -0.25) is 9.10 Å². The van der Waals surface area contributed by atoms with Crippen LogP contribution in [-0.4, -0.2) is 36.0 Å². The van der Waals surface area contributed by atoms with Crippen LogP contribution < -0.4 is 4.31 Å². The first-order valence-electron chi connectivity index (χ1n) is 15.7. The zero-order valence-corrected chi connectivity index (χ0v) is 28.6. The monoisotopic (exact) mass is 703 g/mol. The van der Waals surface area contributed by atoms with E-state index in [0.29, 0.717) is 50.3 Å². The molecule has 1 aromatic heterocycles. The van der Waals surface area contributed by atoms with Gasteiger partial charge in [0.2, 0.25) is 10.0 Å². The summed E-state index contributed by atoms with van der Waals surface area (Å²) >= 11 is 19.5. The number of hydrogen-bond donors (Lipinski definition) is 0. The molecule has 1 aliphatic heterocycles. The molecule has 47 heavy (non-hydrogen) atoms. The highest BCUT2D eigenvalue weighted by molar-refractivity contribution is 7.94. The summed E-state index contributed by atoms with van der Waals surface area (Å²) in [6.07, 6.45) is 8.93. The summed E-state index contributed by atoms with van der Waals surface area (Å²) in [5.74, 6) is 0.537. The number of ketones is 1. The molecule has 240 valence electrons. The Bertz CT molecular complexity index is 2070. The molecule has 0 amide bonds. The van der Waals surface area contributed by atoms with Crippen molar-refractivity contribution in [3.8, 4) is 28.1 Å². The highest BCUT2D eigenvalue weighted by Gasteiger charge is 2.35. The fraction of sp³-hybridized carbons (Fsp3) is 0.243. The first-order valence-corrected chi connectivity index (χ1v) is 18.4. The minimum Gasteiger partial charge on any atom is -0.301 e. The predicted molar refractivity (Wildman–Crippen MR) is 191 cm³/mol. The Kier molecular flexibility index (Phi) is 8.92. The van der Waals surface area contributed by atoms with Crippen LogP contribution in [0.2, 0.25) is 15.1 Å². The molecule has 0 bridgehead atoms. The van der Waals surface area contributed by atoms with Gasteiger partial charge in [-0.1, -0.05) is 103 Å². The molecule has 10 heteroatoms. The number of aromatic nitrogens is 2. The van der Waals surface area contributed by atoms with Crippen molar-refractivity contribution in [1.82, 2.24) is 9.55 Å². The third kappa shape index (κ3) is 6.72. The molecule has 5 aromatic rings. The Hall–Kier alpha value is -3.62. The van der Waals surface area contributed by atoms with Crippen LogP contribution in [0, 0.1) is 0 Å².